The Kier molecular flexibility index (Phi) is 4.27. The van der Waals surface area contributed by atoms with Gasteiger partial charge in [0.05, 0.1) is 0 Å². The van der Waals surface area contributed by atoms with Gasteiger partial charge in [0.2, 0.25) is 10.0 Å². The van der Waals surface area contributed by atoms with Gasteiger partial charge in [-0.05, 0) is 35.9 Å². The average molecular weight is 315 g/mol. The molecular weight excluding hydrogens is 303 g/mol. The summed E-state index contributed by atoms with van der Waals surface area (Å²) in [6.45, 7) is 0.0463. The lowest BCUT2D eigenvalue weighted by molar-refractivity contribution is 0.557. The Balaban J connectivity index is 2.17. The fourth-order valence-corrected chi connectivity index (χ4v) is 2.82. The first-order chi connectivity index (χ1) is 9.38. The second-order valence-corrected chi connectivity index (χ2v) is 6.31. The summed E-state index contributed by atoms with van der Waals surface area (Å²) >= 11 is 5.59. The molecule has 2 aromatic carbocycles. The van der Waals surface area contributed by atoms with Crippen molar-refractivity contribution in [2.45, 2.75) is 11.4 Å². The number of rotatable bonds is 4. The maximum atomic E-state index is 13.6. The summed E-state index contributed by atoms with van der Waals surface area (Å²) in [6, 6.07) is 10.1. The summed E-state index contributed by atoms with van der Waals surface area (Å²) < 4.78 is 39.9. The van der Waals surface area contributed by atoms with E-state index in [0.717, 1.165) is 17.7 Å². The van der Waals surface area contributed by atoms with Crippen LogP contribution >= 0.6 is 11.6 Å². The standard InChI is InChI=1S/C13H12ClFN2O2S/c14-10-3-6-13(12(15)7-10)20(18,19)17-8-9-1-4-11(16)5-2-9/h1-7,17H,8,16H2. The number of nitrogens with one attached hydrogen (secondary N) is 1. The van der Waals surface area contributed by atoms with Crippen LogP contribution in [0.25, 0.3) is 0 Å². The van der Waals surface area contributed by atoms with Gasteiger partial charge in [-0.15, -0.1) is 0 Å². The first-order valence-corrected chi connectivity index (χ1v) is 7.54. The van der Waals surface area contributed by atoms with Crippen LogP contribution in [0.3, 0.4) is 0 Å². The molecule has 0 radical (unpaired) electrons. The summed E-state index contributed by atoms with van der Waals surface area (Å²) in [7, 11) is -3.93. The van der Waals surface area contributed by atoms with Gasteiger partial charge in [0, 0.05) is 17.3 Å². The number of hydrogen-bond acceptors (Lipinski definition) is 3. The highest BCUT2D eigenvalue weighted by Crippen LogP contribution is 2.19. The van der Waals surface area contributed by atoms with Gasteiger partial charge in [-0.3, -0.25) is 0 Å². The second-order valence-electron chi connectivity index (χ2n) is 4.14. The van der Waals surface area contributed by atoms with Crippen LogP contribution in [0.5, 0.6) is 0 Å². The Morgan fingerprint density at radius 2 is 1.80 bits per heavy atom. The van der Waals surface area contributed by atoms with Crippen LogP contribution in [0, 0.1) is 5.82 Å². The molecule has 106 valence electrons. The fraction of sp³-hybridized carbons (Fsp3) is 0.0769. The summed E-state index contributed by atoms with van der Waals surface area (Å²) in [5, 5.41) is 0.139. The summed E-state index contributed by atoms with van der Waals surface area (Å²) in [5.74, 6) is -0.887. The molecule has 0 aliphatic rings. The summed E-state index contributed by atoms with van der Waals surface area (Å²) in [4.78, 5) is -0.433. The van der Waals surface area contributed by atoms with Gasteiger partial charge >= 0.3 is 0 Å². The number of nitrogen functional groups attached to an aromatic ring is 1. The van der Waals surface area contributed by atoms with E-state index in [0.29, 0.717) is 5.69 Å². The number of nitrogens with two attached hydrogens (primary N) is 1. The molecule has 0 aliphatic heterocycles. The van der Waals surface area contributed by atoms with Gasteiger partial charge in [-0.25, -0.2) is 17.5 Å². The van der Waals surface area contributed by atoms with Gasteiger partial charge in [0.1, 0.15) is 10.7 Å². The molecule has 0 bridgehead atoms. The molecule has 0 saturated heterocycles. The zero-order valence-corrected chi connectivity index (χ0v) is 11.9. The molecule has 2 aromatic rings. The summed E-state index contributed by atoms with van der Waals surface area (Å²) in [5.41, 5.74) is 6.84. The van der Waals surface area contributed by atoms with Crippen LogP contribution in [0.1, 0.15) is 5.56 Å². The van der Waals surface area contributed by atoms with Gasteiger partial charge in [0.25, 0.3) is 0 Å². The van der Waals surface area contributed by atoms with Crippen molar-refractivity contribution in [3.8, 4) is 0 Å². The van der Waals surface area contributed by atoms with Crippen molar-refractivity contribution in [3.63, 3.8) is 0 Å². The Labute approximate surface area is 121 Å². The van der Waals surface area contributed by atoms with E-state index in [4.69, 9.17) is 17.3 Å². The lowest BCUT2D eigenvalue weighted by Crippen LogP contribution is -2.24. The topological polar surface area (TPSA) is 72.2 Å². The minimum absolute atomic E-state index is 0.0463. The number of sulfonamides is 1. The van der Waals surface area contributed by atoms with Crippen molar-refractivity contribution in [2.24, 2.45) is 0 Å². The quantitative estimate of drug-likeness (QED) is 0.852. The van der Waals surface area contributed by atoms with E-state index in [2.05, 4.69) is 4.72 Å². The second kappa shape index (κ2) is 5.78. The van der Waals surface area contributed by atoms with Gasteiger partial charge in [-0.1, -0.05) is 23.7 Å². The largest absolute Gasteiger partial charge is 0.399 e. The molecule has 0 unspecified atom stereocenters. The van der Waals surface area contributed by atoms with Crippen molar-refractivity contribution in [3.05, 3.63) is 58.9 Å². The van der Waals surface area contributed by atoms with Crippen LogP contribution in [0.15, 0.2) is 47.4 Å². The third-order valence-corrected chi connectivity index (χ3v) is 4.30. The van der Waals surface area contributed by atoms with Crippen LogP contribution in [-0.4, -0.2) is 8.42 Å². The van der Waals surface area contributed by atoms with Gasteiger partial charge < -0.3 is 5.73 Å². The zero-order valence-electron chi connectivity index (χ0n) is 10.3. The maximum absolute atomic E-state index is 13.6. The third-order valence-electron chi connectivity index (χ3n) is 2.63. The van der Waals surface area contributed by atoms with E-state index in [1.54, 1.807) is 24.3 Å². The normalized spacial score (nSPS) is 11.5. The van der Waals surface area contributed by atoms with Crippen molar-refractivity contribution in [1.82, 2.24) is 4.72 Å². The van der Waals surface area contributed by atoms with Crippen molar-refractivity contribution in [1.29, 1.82) is 0 Å². The smallest absolute Gasteiger partial charge is 0.243 e. The molecule has 0 saturated carbocycles. The van der Waals surface area contributed by atoms with Crippen molar-refractivity contribution >= 4 is 27.3 Å². The monoisotopic (exact) mass is 314 g/mol. The Morgan fingerprint density at radius 1 is 1.15 bits per heavy atom. The molecule has 0 atom stereocenters. The lowest BCUT2D eigenvalue weighted by Gasteiger charge is -2.08. The third kappa shape index (κ3) is 3.47. The van der Waals surface area contributed by atoms with Crippen LogP contribution in [0.4, 0.5) is 10.1 Å². The predicted octanol–water partition coefficient (Wildman–Crippen LogP) is 2.54. The number of benzene rings is 2. The Hall–Kier alpha value is -1.63. The molecule has 0 amide bonds. The molecule has 0 aromatic heterocycles. The highest BCUT2D eigenvalue weighted by atomic mass is 35.5. The average Bonchev–Trinajstić information content (AvgIpc) is 2.37. The maximum Gasteiger partial charge on any atom is 0.243 e. The molecule has 4 nitrogen and oxygen atoms in total. The zero-order chi connectivity index (χ0) is 14.8. The minimum atomic E-state index is -3.93. The molecular formula is C13H12ClFN2O2S. The Bertz CT molecular complexity index is 718. The molecule has 0 spiro atoms. The number of hydrogen-bond donors (Lipinski definition) is 2. The predicted molar refractivity (Wildman–Crippen MR) is 76.3 cm³/mol. The summed E-state index contributed by atoms with van der Waals surface area (Å²) in [6.07, 6.45) is 0. The highest BCUT2D eigenvalue weighted by molar-refractivity contribution is 7.89. The lowest BCUT2D eigenvalue weighted by atomic mass is 10.2. The number of halogens is 2. The van der Waals surface area contributed by atoms with E-state index < -0.39 is 20.7 Å². The van der Waals surface area contributed by atoms with Gasteiger partial charge in [0.15, 0.2) is 0 Å². The van der Waals surface area contributed by atoms with E-state index in [1.807, 2.05) is 0 Å². The minimum Gasteiger partial charge on any atom is -0.399 e. The first-order valence-electron chi connectivity index (χ1n) is 5.67. The first kappa shape index (κ1) is 14.8. The van der Waals surface area contributed by atoms with Crippen LogP contribution in [0.2, 0.25) is 5.02 Å². The fourth-order valence-electron chi connectivity index (χ4n) is 1.58. The van der Waals surface area contributed by atoms with E-state index in [1.165, 1.54) is 6.07 Å². The number of anilines is 1. The molecule has 3 N–H and O–H groups in total. The molecule has 0 fully saturated rings. The molecule has 7 heteroatoms. The van der Waals surface area contributed by atoms with Crippen molar-refractivity contribution < 1.29 is 12.8 Å². The Morgan fingerprint density at radius 3 is 2.40 bits per heavy atom. The molecule has 0 aliphatic carbocycles. The van der Waals surface area contributed by atoms with E-state index in [9.17, 15) is 12.8 Å². The molecule has 2 rings (SSSR count). The SMILES string of the molecule is Nc1ccc(CNS(=O)(=O)c2ccc(Cl)cc2F)cc1. The molecule has 0 heterocycles. The van der Waals surface area contributed by atoms with Crippen LogP contribution in [-0.2, 0) is 16.6 Å². The highest BCUT2D eigenvalue weighted by Gasteiger charge is 2.18. The molecule has 20 heavy (non-hydrogen) atoms. The van der Waals surface area contributed by atoms with E-state index >= 15 is 0 Å². The van der Waals surface area contributed by atoms with E-state index in [-0.39, 0.29) is 11.6 Å². The van der Waals surface area contributed by atoms with Crippen molar-refractivity contribution in [2.75, 3.05) is 5.73 Å². The van der Waals surface area contributed by atoms with Crippen LogP contribution < -0.4 is 10.5 Å². The van der Waals surface area contributed by atoms with Gasteiger partial charge in [-0.2, -0.15) is 0 Å².